The minimum atomic E-state index is -4.51. The number of nitrogens with one attached hydrogen (secondary N) is 2. The summed E-state index contributed by atoms with van der Waals surface area (Å²) in [7, 11) is 0. The molecule has 25 heavy (non-hydrogen) atoms. The van der Waals surface area contributed by atoms with Crippen molar-refractivity contribution in [1.29, 1.82) is 0 Å². The van der Waals surface area contributed by atoms with Crippen LogP contribution in [0.2, 0.25) is 0 Å². The second kappa shape index (κ2) is 6.84. The van der Waals surface area contributed by atoms with E-state index in [1.54, 1.807) is 13.8 Å². The number of benzene rings is 1. The van der Waals surface area contributed by atoms with E-state index in [1.807, 2.05) is 0 Å². The van der Waals surface area contributed by atoms with Crippen molar-refractivity contribution in [3.05, 3.63) is 58.4 Å². The lowest BCUT2D eigenvalue weighted by Crippen LogP contribution is -2.10. The summed E-state index contributed by atoms with van der Waals surface area (Å²) in [6.07, 6.45) is -2.12. The summed E-state index contributed by atoms with van der Waals surface area (Å²) in [5, 5.41) is 11.5. The Labute approximate surface area is 141 Å². The number of carboxylic acid groups (broad SMARTS) is 1. The standard InChI is InChI=1S/C17H15F3N2O3/c1-9-10(2)21-15(16(24)25)13(9)6-7-14(23)22-12-5-3-4-11(8-12)17(18,19)20/h3-8,21H,1-2H3,(H,22,23)(H,24,25)/b7-6+. The Kier molecular flexibility index (Phi) is 5.01. The van der Waals surface area contributed by atoms with Crippen LogP contribution in [0.25, 0.3) is 6.08 Å². The number of carbonyl (C=O) groups excluding carboxylic acids is 1. The van der Waals surface area contributed by atoms with Gasteiger partial charge >= 0.3 is 12.1 Å². The average molecular weight is 352 g/mol. The number of aromatic nitrogens is 1. The lowest BCUT2D eigenvalue weighted by atomic mass is 10.1. The first kappa shape index (κ1) is 18.3. The zero-order valence-corrected chi connectivity index (χ0v) is 13.4. The fourth-order valence-corrected chi connectivity index (χ4v) is 2.23. The molecule has 0 aliphatic rings. The summed E-state index contributed by atoms with van der Waals surface area (Å²) < 4.78 is 38.0. The molecule has 1 aromatic carbocycles. The Morgan fingerprint density at radius 1 is 1.24 bits per heavy atom. The molecular formula is C17H15F3N2O3. The van der Waals surface area contributed by atoms with Gasteiger partial charge in [0.25, 0.3) is 0 Å². The molecular weight excluding hydrogens is 337 g/mol. The second-order valence-electron chi connectivity index (χ2n) is 5.37. The van der Waals surface area contributed by atoms with Gasteiger partial charge in [0, 0.05) is 23.0 Å². The number of aryl methyl sites for hydroxylation is 1. The molecule has 0 aliphatic heterocycles. The predicted octanol–water partition coefficient (Wildman–Crippen LogP) is 4.00. The average Bonchev–Trinajstić information content (AvgIpc) is 2.80. The fraction of sp³-hybridized carbons (Fsp3) is 0.176. The van der Waals surface area contributed by atoms with E-state index in [0.717, 1.165) is 18.2 Å². The number of rotatable bonds is 4. The minimum Gasteiger partial charge on any atom is -0.477 e. The Balaban J connectivity index is 2.19. The highest BCUT2D eigenvalue weighted by atomic mass is 19.4. The first-order valence-corrected chi connectivity index (χ1v) is 7.18. The monoisotopic (exact) mass is 352 g/mol. The zero-order chi connectivity index (χ0) is 18.8. The van der Waals surface area contributed by atoms with E-state index in [-0.39, 0.29) is 11.4 Å². The summed E-state index contributed by atoms with van der Waals surface area (Å²) in [6, 6.07) is 4.23. The Bertz CT molecular complexity index is 851. The number of anilines is 1. The third-order valence-corrected chi connectivity index (χ3v) is 3.62. The largest absolute Gasteiger partial charge is 0.477 e. The van der Waals surface area contributed by atoms with Crippen LogP contribution in [-0.2, 0) is 11.0 Å². The molecule has 0 unspecified atom stereocenters. The molecule has 132 valence electrons. The molecule has 0 saturated carbocycles. The first-order chi connectivity index (χ1) is 11.6. The molecule has 1 aromatic heterocycles. The molecule has 1 amide bonds. The Morgan fingerprint density at radius 2 is 1.92 bits per heavy atom. The van der Waals surface area contributed by atoms with Crippen molar-refractivity contribution in [2.45, 2.75) is 20.0 Å². The molecule has 0 spiro atoms. The normalized spacial score (nSPS) is 11.7. The summed E-state index contributed by atoms with van der Waals surface area (Å²) >= 11 is 0. The Hall–Kier alpha value is -3.03. The van der Waals surface area contributed by atoms with Gasteiger partial charge in [-0.05, 0) is 43.7 Å². The van der Waals surface area contributed by atoms with E-state index in [4.69, 9.17) is 5.11 Å². The molecule has 0 saturated heterocycles. The van der Waals surface area contributed by atoms with Crippen LogP contribution in [0.3, 0.4) is 0 Å². The molecule has 0 bridgehead atoms. The first-order valence-electron chi connectivity index (χ1n) is 7.18. The van der Waals surface area contributed by atoms with E-state index in [1.165, 1.54) is 18.2 Å². The van der Waals surface area contributed by atoms with Crippen molar-refractivity contribution in [1.82, 2.24) is 4.98 Å². The number of H-pyrrole nitrogens is 1. The number of halogens is 3. The maximum Gasteiger partial charge on any atom is 0.416 e. The molecule has 8 heteroatoms. The molecule has 2 rings (SSSR count). The molecule has 0 aliphatic carbocycles. The van der Waals surface area contributed by atoms with Gasteiger partial charge in [0.15, 0.2) is 0 Å². The van der Waals surface area contributed by atoms with Crippen molar-refractivity contribution in [3.63, 3.8) is 0 Å². The SMILES string of the molecule is Cc1[nH]c(C(=O)O)c(/C=C/C(=O)Nc2cccc(C(F)(F)F)c2)c1C. The molecule has 2 aromatic rings. The van der Waals surface area contributed by atoms with Crippen molar-refractivity contribution in [2.24, 2.45) is 0 Å². The van der Waals surface area contributed by atoms with Crippen molar-refractivity contribution >= 4 is 23.6 Å². The van der Waals surface area contributed by atoms with Gasteiger partial charge in [-0.25, -0.2) is 4.79 Å². The van der Waals surface area contributed by atoms with E-state index >= 15 is 0 Å². The minimum absolute atomic E-state index is 0.00935. The van der Waals surface area contributed by atoms with Gasteiger partial charge in [-0.1, -0.05) is 6.07 Å². The van der Waals surface area contributed by atoms with E-state index < -0.39 is 23.6 Å². The smallest absolute Gasteiger partial charge is 0.416 e. The number of carbonyl (C=O) groups is 2. The van der Waals surface area contributed by atoms with Crippen molar-refractivity contribution < 1.29 is 27.9 Å². The topological polar surface area (TPSA) is 82.2 Å². The van der Waals surface area contributed by atoms with Gasteiger partial charge in [-0.3, -0.25) is 4.79 Å². The number of aromatic carboxylic acids is 1. The summed E-state index contributed by atoms with van der Waals surface area (Å²) in [6.45, 7) is 3.39. The van der Waals surface area contributed by atoms with Gasteiger partial charge in [0.2, 0.25) is 5.91 Å². The van der Waals surface area contributed by atoms with Crippen LogP contribution < -0.4 is 5.32 Å². The third-order valence-electron chi connectivity index (χ3n) is 3.62. The van der Waals surface area contributed by atoms with Crippen LogP contribution in [0.15, 0.2) is 30.3 Å². The fourth-order valence-electron chi connectivity index (χ4n) is 2.23. The van der Waals surface area contributed by atoms with E-state index in [9.17, 15) is 22.8 Å². The number of hydrogen-bond acceptors (Lipinski definition) is 2. The van der Waals surface area contributed by atoms with E-state index in [0.29, 0.717) is 16.8 Å². The van der Waals surface area contributed by atoms with Crippen LogP contribution in [0.4, 0.5) is 18.9 Å². The summed E-state index contributed by atoms with van der Waals surface area (Å²) in [4.78, 5) is 25.8. The number of carboxylic acids is 1. The molecule has 0 fully saturated rings. The number of amides is 1. The molecule has 3 N–H and O–H groups in total. The highest BCUT2D eigenvalue weighted by Crippen LogP contribution is 2.30. The second-order valence-corrected chi connectivity index (χ2v) is 5.37. The lowest BCUT2D eigenvalue weighted by molar-refractivity contribution is -0.137. The van der Waals surface area contributed by atoms with Crippen LogP contribution >= 0.6 is 0 Å². The molecule has 0 radical (unpaired) electrons. The lowest BCUT2D eigenvalue weighted by Gasteiger charge is -2.08. The van der Waals surface area contributed by atoms with Crippen LogP contribution in [0.5, 0.6) is 0 Å². The van der Waals surface area contributed by atoms with Crippen LogP contribution in [0, 0.1) is 13.8 Å². The number of hydrogen-bond donors (Lipinski definition) is 3. The quantitative estimate of drug-likeness (QED) is 0.728. The maximum absolute atomic E-state index is 12.7. The highest BCUT2D eigenvalue weighted by Gasteiger charge is 2.30. The molecule has 0 atom stereocenters. The highest BCUT2D eigenvalue weighted by molar-refractivity contribution is 6.03. The molecule has 5 nitrogen and oxygen atoms in total. The van der Waals surface area contributed by atoms with Crippen LogP contribution in [-0.4, -0.2) is 22.0 Å². The zero-order valence-electron chi connectivity index (χ0n) is 13.4. The van der Waals surface area contributed by atoms with Crippen molar-refractivity contribution in [2.75, 3.05) is 5.32 Å². The predicted molar refractivity (Wildman–Crippen MR) is 86.3 cm³/mol. The summed E-state index contributed by atoms with van der Waals surface area (Å²) in [5.74, 6) is -1.84. The summed E-state index contributed by atoms with van der Waals surface area (Å²) in [5.41, 5.74) is 0.711. The van der Waals surface area contributed by atoms with Gasteiger partial charge in [0.05, 0.1) is 5.56 Å². The Morgan fingerprint density at radius 3 is 2.52 bits per heavy atom. The van der Waals surface area contributed by atoms with E-state index in [2.05, 4.69) is 10.3 Å². The van der Waals surface area contributed by atoms with Gasteiger partial charge in [0.1, 0.15) is 5.69 Å². The van der Waals surface area contributed by atoms with Crippen LogP contribution in [0.1, 0.15) is 32.9 Å². The third kappa shape index (κ3) is 4.28. The van der Waals surface area contributed by atoms with Gasteiger partial charge < -0.3 is 15.4 Å². The molecule has 1 heterocycles. The van der Waals surface area contributed by atoms with Crippen molar-refractivity contribution in [3.8, 4) is 0 Å². The number of aromatic amines is 1. The maximum atomic E-state index is 12.7. The van der Waals surface area contributed by atoms with Gasteiger partial charge in [-0.15, -0.1) is 0 Å². The number of alkyl halides is 3. The van der Waals surface area contributed by atoms with Gasteiger partial charge in [-0.2, -0.15) is 13.2 Å².